The normalized spacial score (nSPS) is 18.4. The first-order valence-corrected chi connectivity index (χ1v) is 5.71. The number of Topliss-reactive ketones (excluding diaryl/α,β-unsaturated/α-hetero) is 1. The monoisotopic (exact) mass is 274 g/mol. The molecule has 0 spiro atoms. The summed E-state index contributed by atoms with van der Waals surface area (Å²) in [5, 5.41) is 0. The van der Waals surface area contributed by atoms with E-state index < -0.39 is 24.3 Å². The van der Waals surface area contributed by atoms with E-state index in [-0.39, 0.29) is 6.42 Å². The van der Waals surface area contributed by atoms with Crippen LogP contribution in [0, 0.1) is 5.92 Å². The third-order valence-corrected chi connectivity index (χ3v) is 3.19. The number of benzene rings is 1. The van der Waals surface area contributed by atoms with Crippen molar-refractivity contribution in [2.75, 3.05) is 14.2 Å². The predicted molar refractivity (Wildman–Crippen MR) is 61.7 cm³/mol. The fraction of sp³-hybridized carbons (Fsp3) is 0.462. The molecule has 0 radical (unpaired) electrons. The first kappa shape index (κ1) is 13.7. The first-order valence-electron chi connectivity index (χ1n) is 5.71. The molecule has 19 heavy (non-hydrogen) atoms. The summed E-state index contributed by atoms with van der Waals surface area (Å²) in [5.74, 6) is -0.746. The highest BCUT2D eigenvalue weighted by molar-refractivity contribution is 6.02. The van der Waals surface area contributed by atoms with Gasteiger partial charge < -0.3 is 9.47 Å². The molecule has 0 N–H and O–H groups in total. The lowest BCUT2D eigenvalue weighted by molar-refractivity contribution is -0.141. The van der Waals surface area contributed by atoms with E-state index >= 15 is 0 Å². The molecule has 1 aliphatic carbocycles. The Morgan fingerprint density at radius 2 is 1.79 bits per heavy atom. The van der Waals surface area contributed by atoms with Crippen LogP contribution in [-0.4, -0.2) is 26.2 Å². The average molecular weight is 274 g/mol. The second kappa shape index (κ2) is 4.75. The fourth-order valence-corrected chi connectivity index (χ4v) is 2.34. The van der Waals surface area contributed by atoms with E-state index in [9.17, 15) is 18.0 Å². The van der Waals surface area contributed by atoms with Crippen LogP contribution in [0.5, 0.6) is 11.5 Å². The second-order valence-electron chi connectivity index (χ2n) is 4.45. The van der Waals surface area contributed by atoms with E-state index in [0.29, 0.717) is 22.6 Å². The summed E-state index contributed by atoms with van der Waals surface area (Å²) in [6, 6.07) is 3.02. The summed E-state index contributed by atoms with van der Waals surface area (Å²) in [7, 11) is 2.85. The van der Waals surface area contributed by atoms with Gasteiger partial charge in [-0.1, -0.05) is 0 Å². The largest absolute Gasteiger partial charge is 0.493 e. The Balaban J connectivity index is 2.33. The molecule has 0 aliphatic heterocycles. The molecular formula is C13H13F3O3. The Hall–Kier alpha value is -1.72. The smallest absolute Gasteiger partial charge is 0.389 e. The van der Waals surface area contributed by atoms with Gasteiger partial charge in [0.05, 0.1) is 20.6 Å². The summed E-state index contributed by atoms with van der Waals surface area (Å²) < 4.78 is 47.3. The maximum absolute atomic E-state index is 12.4. The van der Waals surface area contributed by atoms with E-state index in [1.165, 1.54) is 20.3 Å². The van der Waals surface area contributed by atoms with E-state index in [1.54, 1.807) is 6.07 Å². The molecule has 1 aromatic rings. The van der Waals surface area contributed by atoms with E-state index in [1.807, 2.05) is 0 Å². The Morgan fingerprint density at radius 1 is 1.21 bits per heavy atom. The van der Waals surface area contributed by atoms with Gasteiger partial charge in [-0.05, 0) is 24.1 Å². The maximum atomic E-state index is 12.4. The predicted octanol–water partition coefficient (Wildman–Crippen LogP) is 3.01. The molecule has 6 heteroatoms. The molecule has 0 heterocycles. The van der Waals surface area contributed by atoms with Crippen LogP contribution in [0.4, 0.5) is 13.2 Å². The van der Waals surface area contributed by atoms with E-state index in [0.717, 1.165) is 0 Å². The van der Waals surface area contributed by atoms with Gasteiger partial charge in [0.2, 0.25) is 0 Å². The van der Waals surface area contributed by atoms with Gasteiger partial charge in [0.1, 0.15) is 0 Å². The van der Waals surface area contributed by atoms with E-state index in [4.69, 9.17) is 9.47 Å². The highest BCUT2D eigenvalue weighted by atomic mass is 19.4. The number of ether oxygens (including phenoxy) is 2. The first-order chi connectivity index (χ1) is 8.85. The van der Waals surface area contributed by atoms with Gasteiger partial charge in [0.25, 0.3) is 0 Å². The van der Waals surface area contributed by atoms with Crippen LogP contribution in [0.3, 0.4) is 0 Å². The van der Waals surface area contributed by atoms with Crippen molar-refractivity contribution in [3.8, 4) is 11.5 Å². The van der Waals surface area contributed by atoms with Gasteiger partial charge >= 0.3 is 6.18 Å². The van der Waals surface area contributed by atoms with Crippen molar-refractivity contribution < 1.29 is 27.4 Å². The molecule has 3 nitrogen and oxygen atoms in total. The number of alkyl halides is 3. The molecule has 0 saturated carbocycles. The van der Waals surface area contributed by atoms with Crippen molar-refractivity contribution in [1.29, 1.82) is 0 Å². The minimum absolute atomic E-state index is 0.0913. The number of fused-ring (bicyclic) bond motifs is 1. The molecular weight excluding hydrogens is 261 g/mol. The van der Waals surface area contributed by atoms with Crippen molar-refractivity contribution in [2.24, 2.45) is 5.92 Å². The Labute approximate surface area is 108 Å². The van der Waals surface area contributed by atoms with Gasteiger partial charge in [-0.3, -0.25) is 4.79 Å². The Kier molecular flexibility index (Phi) is 3.43. The zero-order valence-corrected chi connectivity index (χ0v) is 10.5. The van der Waals surface area contributed by atoms with Gasteiger partial charge in [0.15, 0.2) is 17.3 Å². The van der Waals surface area contributed by atoms with Crippen LogP contribution in [-0.2, 0) is 6.42 Å². The number of hydrogen-bond acceptors (Lipinski definition) is 3. The third-order valence-electron chi connectivity index (χ3n) is 3.19. The lowest BCUT2D eigenvalue weighted by Crippen LogP contribution is -2.19. The van der Waals surface area contributed by atoms with Crippen molar-refractivity contribution in [3.05, 3.63) is 23.3 Å². The quantitative estimate of drug-likeness (QED) is 0.850. The van der Waals surface area contributed by atoms with Gasteiger partial charge in [-0.2, -0.15) is 13.2 Å². The molecule has 0 aromatic heterocycles. The highest BCUT2D eigenvalue weighted by Gasteiger charge is 2.40. The number of carbonyl (C=O) groups is 1. The summed E-state index contributed by atoms with van der Waals surface area (Å²) in [4.78, 5) is 11.9. The standard InChI is InChI=1S/C13H13F3O3/c1-18-10-4-7-3-8(6-13(14,15)16)12(17)9(7)5-11(10)19-2/h4-5,8H,3,6H2,1-2H3. The minimum Gasteiger partial charge on any atom is -0.493 e. The molecule has 2 rings (SSSR count). The molecule has 1 aliphatic rings. The fourth-order valence-electron chi connectivity index (χ4n) is 2.34. The lowest BCUT2D eigenvalue weighted by Gasteiger charge is -2.10. The summed E-state index contributed by atoms with van der Waals surface area (Å²) in [6.45, 7) is 0. The maximum Gasteiger partial charge on any atom is 0.389 e. The summed E-state index contributed by atoms with van der Waals surface area (Å²) >= 11 is 0. The van der Waals surface area contributed by atoms with Gasteiger partial charge in [0, 0.05) is 11.5 Å². The molecule has 1 unspecified atom stereocenters. The summed E-state index contributed by atoms with van der Waals surface area (Å²) in [5.41, 5.74) is 0.879. The number of ketones is 1. The van der Waals surface area contributed by atoms with Crippen molar-refractivity contribution in [3.63, 3.8) is 0 Å². The summed E-state index contributed by atoms with van der Waals surface area (Å²) in [6.07, 6.45) is -5.34. The topological polar surface area (TPSA) is 35.5 Å². The van der Waals surface area contributed by atoms with Crippen molar-refractivity contribution in [2.45, 2.75) is 19.0 Å². The number of rotatable bonds is 3. The number of halogens is 3. The van der Waals surface area contributed by atoms with Gasteiger partial charge in [-0.25, -0.2) is 0 Å². The zero-order chi connectivity index (χ0) is 14.2. The molecule has 0 fully saturated rings. The zero-order valence-electron chi connectivity index (χ0n) is 10.5. The van der Waals surface area contributed by atoms with Crippen LogP contribution >= 0.6 is 0 Å². The molecule has 1 aromatic carbocycles. The third kappa shape index (κ3) is 2.67. The second-order valence-corrected chi connectivity index (χ2v) is 4.45. The number of carbonyl (C=O) groups excluding carboxylic acids is 1. The molecule has 0 saturated heterocycles. The van der Waals surface area contributed by atoms with Crippen LogP contribution < -0.4 is 9.47 Å². The van der Waals surface area contributed by atoms with Crippen molar-refractivity contribution in [1.82, 2.24) is 0 Å². The molecule has 104 valence electrons. The Morgan fingerprint density at radius 3 is 2.32 bits per heavy atom. The number of hydrogen-bond donors (Lipinski definition) is 0. The molecule has 0 amide bonds. The minimum atomic E-state index is -4.34. The van der Waals surface area contributed by atoms with Crippen LogP contribution in [0.25, 0.3) is 0 Å². The number of methoxy groups -OCH3 is 2. The van der Waals surface area contributed by atoms with Crippen LogP contribution in [0.1, 0.15) is 22.3 Å². The molecule has 1 atom stereocenters. The lowest BCUT2D eigenvalue weighted by atomic mass is 10.0. The molecule has 0 bridgehead atoms. The Bertz CT molecular complexity index is 509. The average Bonchev–Trinajstić information content (AvgIpc) is 2.62. The van der Waals surface area contributed by atoms with E-state index in [2.05, 4.69) is 0 Å². The van der Waals surface area contributed by atoms with Crippen LogP contribution in [0.15, 0.2) is 12.1 Å². The SMILES string of the molecule is COc1cc2c(cc1OC)C(=O)C(CC(F)(F)F)C2. The highest BCUT2D eigenvalue weighted by Crippen LogP contribution is 2.39. The van der Waals surface area contributed by atoms with Crippen LogP contribution in [0.2, 0.25) is 0 Å². The van der Waals surface area contributed by atoms with Gasteiger partial charge in [-0.15, -0.1) is 0 Å². The van der Waals surface area contributed by atoms with Crippen molar-refractivity contribution >= 4 is 5.78 Å².